The Morgan fingerprint density at radius 3 is 2.54 bits per heavy atom. The summed E-state index contributed by atoms with van der Waals surface area (Å²) in [6, 6.07) is 5.92. The number of hydrogen-bond donors (Lipinski definition) is 1. The highest BCUT2D eigenvalue weighted by Crippen LogP contribution is 2.29. The third-order valence-corrected chi connectivity index (χ3v) is 4.00. The number of halogens is 1. The molecule has 24 heavy (non-hydrogen) atoms. The third-order valence-electron chi connectivity index (χ3n) is 4.00. The SMILES string of the molecule is CCCOc1ccc(CN(CCC)C(=O)C2CNC2)cc1OC.Cl. The summed E-state index contributed by atoms with van der Waals surface area (Å²) in [6.07, 6.45) is 1.92. The van der Waals surface area contributed by atoms with E-state index in [2.05, 4.69) is 19.2 Å². The van der Waals surface area contributed by atoms with Gasteiger partial charge in [-0.15, -0.1) is 12.4 Å². The first-order chi connectivity index (χ1) is 11.2. The first-order valence-electron chi connectivity index (χ1n) is 8.48. The first-order valence-corrected chi connectivity index (χ1v) is 8.48. The summed E-state index contributed by atoms with van der Waals surface area (Å²) < 4.78 is 11.1. The van der Waals surface area contributed by atoms with Crippen LogP contribution in [0.4, 0.5) is 0 Å². The van der Waals surface area contributed by atoms with Crippen LogP contribution in [0.5, 0.6) is 11.5 Å². The zero-order chi connectivity index (χ0) is 16.7. The van der Waals surface area contributed by atoms with Gasteiger partial charge in [-0.2, -0.15) is 0 Å². The van der Waals surface area contributed by atoms with Gasteiger partial charge in [0.05, 0.1) is 19.6 Å². The van der Waals surface area contributed by atoms with Crippen LogP contribution < -0.4 is 14.8 Å². The van der Waals surface area contributed by atoms with E-state index >= 15 is 0 Å². The normalized spacial score (nSPS) is 13.6. The molecule has 0 aliphatic carbocycles. The molecular formula is C18H29ClN2O3. The van der Waals surface area contributed by atoms with Crippen molar-refractivity contribution < 1.29 is 14.3 Å². The standard InChI is InChI=1S/C18H28N2O3.ClH/c1-4-8-20(18(21)15-11-19-12-15)13-14-6-7-16(23-9-5-2)17(10-14)22-3;/h6-7,10,15,19H,4-5,8-9,11-13H2,1-3H3;1H. The van der Waals surface area contributed by atoms with Crippen LogP contribution in [0, 0.1) is 5.92 Å². The van der Waals surface area contributed by atoms with Crippen LogP contribution in [0.1, 0.15) is 32.3 Å². The van der Waals surface area contributed by atoms with Crippen molar-refractivity contribution in [1.29, 1.82) is 0 Å². The lowest BCUT2D eigenvalue weighted by molar-refractivity contribution is -0.137. The van der Waals surface area contributed by atoms with Crippen molar-refractivity contribution in [3.05, 3.63) is 23.8 Å². The average molecular weight is 357 g/mol. The molecule has 1 N–H and O–H groups in total. The molecule has 1 fully saturated rings. The van der Waals surface area contributed by atoms with E-state index in [0.29, 0.717) is 13.2 Å². The molecule has 1 heterocycles. The third kappa shape index (κ3) is 5.28. The van der Waals surface area contributed by atoms with Gasteiger partial charge in [0, 0.05) is 26.2 Å². The molecule has 0 bridgehead atoms. The van der Waals surface area contributed by atoms with E-state index < -0.39 is 0 Å². The van der Waals surface area contributed by atoms with E-state index in [1.165, 1.54) is 0 Å². The Hall–Kier alpha value is -1.46. The van der Waals surface area contributed by atoms with E-state index in [1.807, 2.05) is 23.1 Å². The van der Waals surface area contributed by atoms with Crippen molar-refractivity contribution in [3.8, 4) is 11.5 Å². The number of methoxy groups -OCH3 is 1. The molecule has 5 nitrogen and oxygen atoms in total. The maximum atomic E-state index is 12.5. The molecule has 1 aromatic carbocycles. The van der Waals surface area contributed by atoms with Crippen LogP contribution >= 0.6 is 12.4 Å². The number of nitrogens with zero attached hydrogens (tertiary/aromatic N) is 1. The number of ether oxygens (including phenoxy) is 2. The Labute approximate surface area is 151 Å². The monoisotopic (exact) mass is 356 g/mol. The smallest absolute Gasteiger partial charge is 0.228 e. The largest absolute Gasteiger partial charge is 0.493 e. The second kappa shape index (κ2) is 10.4. The molecule has 0 radical (unpaired) electrons. The Morgan fingerprint density at radius 1 is 1.25 bits per heavy atom. The summed E-state index contributed by atoms with van der Waals surface area (Å²) in [6.45, 7) is 7.84. The minimum absolute atomic E-state index is 0. The molecule has 1 aliphatic rings. The molecule has 1 saturated heterocycles. The van der Waals surface area contributed by atoms with Crippen molar-refractivity contribution >= 4 is 18.3 Å². The molecule has 6 heteroatoms. The quantitative estimate of drug-likeness (QED) is 0.739. The number of amides is 1. The summed E-state index contributed by atoms with van der Waals surface area (Å²) in [7, 11) is 1.65. The zero-order valence-corrected chi connectivity index (χ0v) is 15.7. The molecule has 0 spiro atoms. The van der Waals surface area contributed by atoms with Crippen LogP contribution in [0.15, 0.2) is 18.2 Å². The van der Waals surface area contributed by atoms with Gasteiger partial charge in [-0.05, 0) is 30.5 Å². The van der Waals surface area contributed by atoms with Gasteiger partial charge in [0.15, 0.2) is 11.5 Å². The fourth-order valence-electron chi connectivity index (χ4n) is 2.62. The lowest BCUT2D eigenvalue weighted by atomic mass is 10.0. The molecule has 1 aliphatic heterocycles. The molecule has 2 rings (SSSR count). The topological polar surface area (TPSA) is 50.8 Å². The van der Waals surface area contributed by atoms with Crippen molar-refractivity contribution in [2.45, 2.75) is 33.2 Å². The maximum absolute atomic E-state index is 12.5. The summed E-state index contributed by atoms with van der Waals surface area (Å²) in [5, 5.41) is 3.16. The predicted octanol–water partition coefficient (Wildman–Crippen LogP) is 2.86. The van der Waals surface area contributed by atoms with Crippen LogP contribution in [0.25, 0.3) is 0 Å². The van der Waals surface area contributed by atoms with Gasteiger partial charge in [0.2, 0.25) is 5.91 Å². The van der Waals surface area contributed by atoms with Crippen molar-refractivity contribution in [1.82, 2.24) is 10.2 Å². The number of hydrogen-bond acceptors (Lipinski definition) is 4. The average Bonchev–Trinajstić information content (AvgIpc) is 2.51. The summed E-state index contributed by atoms with van der Waals surface area (Å²) in [4.78, 5) is 14.5. The number of nitrogens with one attached hydrogen (secondary N) is 1. The second-order valence-corrected chi connectivity index (χ2v) is 5.95. The van der Waals surface area contributed by atoms with Crippen LogP contribution in [0.2, 0.25) is 0 Å². The number of benzene rings is 1. The molecule has 0 unspecified atom stereocenters. The van der Waals surface area contributed by atoms with E-state index in [0.717, 1.165) is 49.5 Å². The molecule has 1 aromatic rings. The molecular weight excluding hydrogens is 328 g/mol. The molecule has 0 aromatic heterocycles. The fourth-order valence-corrected chi connectivity index (χ4v) is 2.62. The van der Waals surface area contributed by atoms with Gasteiger partial charge >= 0.3 is 0 Å². The highest BCUT2D eigenvalue weighted by atomic mass is 35.5. The molecule has 0 atom stereocenters. The molecule has 0 saturated carbocycles. The van der Waals surface area contributed by atoms with E-state index in [-0.39, 0.29) is 24.2 Å². The molecule has 1 amide bonds. The van der Waals surface area contributed by atoms with E-state index in [9.17, 15) is 4.79 Å². The predicted molar refractivity (Wildman–Crippen MR) is 98.1 cm³/mol. The Morgan fingerprint density at radius 2 is 2.00 bits per heavy atom. The van der Waals surface area contributed by atoms with Crippen LogP contribution in [-0.2, 0) is 11.3 Å². The Bertz CT molecular complexity index is 521. The Balaban J connectivity index is 0.00000288. The summed E-state index contributed by atoms with van der Waals surface area (Å²) in [5.74, 6) is 1.87. The summed E-state index contributed by atoms with van der Waals surface area (Å²) >= 11 is 0. The highest BCUT2D eigenvalue weighted by molar-refractivity contribution is 5.85. The lowest BCUT2D eigenvalue weighted by Gasteiger charge is -2.32. The minimum atomic E-state index is 0. The fraction of sp³-hybridized carbons (Fsp3) is 0.611. The van der Waals surface area contributed by atoms with Crippen molar-refractivity contribution in [3.63, 3.8) is 0 Å². The number of carbonyl (C=O) groups is 1. The number of rotatable bonds is 9. The maximum Gasteiger partial charge on any atom is 0.228 e. The molecule has 136 valence electrons. The first kappa shape index (κ1) is 20.6. The van der Waals surface area contributed by atoms with Gasteiger partial charge in [0.25, 0.3) is 0 Å². The van der Waals surface area contributed by atoms with Crippen LogP contribution in [0.3, 0.4) is 0 Å². The Kier molecular flexibility index (Phi) is 8.93. The number of carbonyl (C=O) groups excluding carboxylic acids is 1. The van der Waals surface area contributed by atoms with E-state index in [1.54, 1.807) is 7.11 Å². The minimum Gasteiger partial charge on any atom is -0.493 e. The van der Waals surface area contributed by atoms with Gasteiger partial charge in [-0.1, -0.05) is 19.9 Å². The second-order valence-electron chi connectivity index (χ2n) is 5.95. The lowest BCUT2D eigenvalue weighted by Crippen LogP contribution is -2.52. The van der Waals surface area contributed by atoms with Crippen LogP contribution in [-0.4, -0.2) is 44.2 Å². The highest BCUT2D eigenvalue weighted by Gasteiger charge is 2.29. The summed E-state index contributed by atoms with van der Waals surface area (Å²) in [5.41, 5.74) is 1.07. The van der Waals surface area contributed by atoms with Gasteiger partial charge in [-0.25, -0.2) is 0 Å². The van der Waals surface area contributed by atoms with Gasteiger partial charge in [-0.3, -0.25) is 4.79 Å². The van der Waals surface area contributed by atoms with Gasteiger partial charge < -0.3 is 19.7 Å². The zero-order valence-electron chi connectivity index (χ0n) is 14.8. The van der Waals surface area contributed by atoms with Crippen molar-refractivity contribution in [2.75, 3.05) is 33.4 Å². The van der Waals surface area contributed by atoms with Gasteiger partial charge in [0.1, 0.15) is 0 Å². The van der Waals surface area contributed by atoms with Crippen molar-refractivity contribution in [2.24, 2.45) is 5.92 Å². The van der Waals surface area contributed by atoms with E-state index in [4.69, 9.17) is 9.47 Å².